The van der Waals surface area contributed by atoms with Crippen LogP contribution in [0.2, 0.25) is 5.28 Å². The number of nitrogens with two attached hydrogens (primary N) is 1. The number of primary amides is 1. The molecule has 0 aliphatic carbocycles. The number of anilines is 1. The molecule has 11 nitrogen and oxygen atoms in total. The van der Waals surface area contributed by atoms with Gasteiger partial charge in [0, 0.05) is 10.1 Å². The van der Waals surface area contributed by atoms with E-state index in [1.165, 1.54) is 10.9 Å². The number of amides is 2. The highest BCUT2D eigenvalue weighted by molar-refractivity contribution is 14.1. The number of urea groups is 1. The Balaban J connectivity index is 1.64. The second-order valence-corrected chi connectivity index (χ2v) is 8.51. The molecule has 0 saturated carbocycles. The van der Waals surface area contributed by atoms with E-state index in [4.69, 9.17) is 22.1 Å². The van der Waals surface area contributed by atoms with Gasteiger partial charge >= 0.3 is 6.03 Å². The first-order chi connectivity index (χ1) is 14.9. The average molecular weight is 560 g/mol. The van der Waals surface area contributed by atoms with Crippen molar-refractivity contribution >= 4 is 57.2 Å². The molecule has 4 atom stereocenters. The molecule has 3 aromatic rings. The third-order valence-corrected chi connectivity index (χ3v) is 5.72. The van der Waals surface area contributed by atoms with Crippen LogP contribution in [-0.4, -0.2) is 60.6 Å². The molecule has 2 aromatic heterocycles. The Labute approximate surface area is 195 Å². The number of hydrogen-bond acceptors (Lipinski definition) is 8. The number of halogens is 2. The molecule has 4 rings (SSSR count). The van der Waals surface area contributed by atoms with Crippen LogP contribution in [0.25, 0.3) is 11.2 Å². The van der Waals surface area contributed by atoms with Gasteiger partial charge in [-0.1, -0.05) is 12.1 Å². The SMILES string of the molecule is NC(=O)N[C@H]1[C@@H](O)[C@H](n2cnc3c(NCc4cccc(I)c4)nc(Cl)nc32)O[C@@H]1CO. The summed E-state index contributed by atoms with van der Waals surface area (Å²) < 4.78 is 8.33. The first-order valence-electron chi connectivity index (χ1n) is 9.26. The highest BCUT2D eigenvalue weighted by Gasteiger charge is 2.45. The minimum atomic E-state index is -1.21. The molecule has 1 fully saturated rings. The number of imidazole rings is 1. The molecule has 0 bridgehead atoms. The van der Waals surface area contributed by atoms with E-state index in [0.29, 0.717) is 23.5 Å². The third-order valence-electron chi connectivity index (χ3n) is 4.88. The summed E-state index contributed by atoms with van der Waals surface area (Å²) in [6.45, 7) is 0.0649. The van der Waals surface area contributed by atoms with E-state index in [-0.39, 0.29) is 5.28 Å². The zero-order chi connectivity index (χ0) is 22.1. The lowest BCUT2D eigenvalue weighted by Gasteiger charge is -2.19. The van der Waals surface area contributed by atoms with Crippen LogP contribution in [0.4, 0.5) is 10.6 Å². The highest BCUT2D eigenvalue weighted by atomic mass is 127. The summed E-state index contributed by atoms with van der Waals surface area (Å²) in [6.07, 6.45) is -1.62. The van der Waals surface area contributed by atoms with Gasteiger partial charge in [0.1, 0.15) is 12.2 Å². The van der Waals surface area contributed by atoms with Crippen molar-refractivity contribution in [1.82, 2.24) is 24.8 Å². The fraction of sp³-hybridized carbons (Fsp3) is 0.333. The fourth-order valence-electron chi connectivity index (χ4n) is 3.50. The van der Waals surface area contributed by atoms with Crippen molar-refractivity contribution < 1.29 is 19.7 Å². The Morgan fingerprint density at radius 3 is 2.90 bits per heavy atom. The molecule has 0 spiro atoms. The van der Waals surface area contributed by atoms with Gasteiger partial charge in [-0.25, -0.2) is 9.78 Å². The number of rotatable bonds is 6. The molecule has 6 N–H and O–H groups in total. The fourth-order valence-corrected chi connectivity index (χ4v) is 4.28. The molecule has 0 unspecified atom stereocenters. The van der Waals surface area contributed by atoms with E-state index in [1.807, 2.05) is 24.3 Å². The van der Waals surface area contributed by atoms with Crippen molar-refractivity contribution in [3.05, 3.63) is 45.0 Å². The van der Waals surface area contributed by atoms with Gasteiger partial charge in [0.2, 0.25) is 5.28 Å². The molecule has 1 aliphatic rings. The van der Waals surface area contributed by atoms with Crippen molar-refractivity contribution in [2.75, 3.05) is 11.9 Å². The van der Waals surface area contributed by atoms with E-state index in [1.54, 1.807) is 0 Å². The number of nitrogens with zero attached hydrogens (tertiary/aromatic N) is 4. The van der Waals surface area contributed by atoms with E-state index in [9.17, 15) is 15.0 Å². The summed E-state index contributed by atoms with van der Waals surface area (Å²) in [4.78, 5) is 24.1. The summed E-state index contributed by atoms with van der Waals surface area (Å²) in [5, 5.41) is 25.9. The molecule has 1 saturated heterocycles. The lowest BCUT2D eigenvalue weighted by molar-refractivity contribution is -0.0489. The highest BCUT2D eigenvalue weighted by Crippen LogP contribution is 2.33. The van der Waals surface area contributed by atoms with E-state index in [2.05, 4.69) is 48.2 Å². The smallest absolute Gasteiger partial charge is 0.312 e. The van der Waals surface area contributed by atoms with Gasteiger partial charge in [-0.2, -0.15) is 9.97 Å². The van der Waals surface area contributed by atoms with E-state index >= 15 is 0 Å². The number of hydrogen-bond donors (Lipinski definition) is 5. The van der Waals surface area contributed by atoms with Crippen LogP contribution in [0.1, 0.15) is 11.8 Å². The van der Waals surface area contributed by atoms with Crippen molar-refractivity contribution in [3.63, 3.8) is 0 Å². The zero-order valence-electron chi connectivity index (χ0n) is 15.9. The maximum absolute atomic E-state index is 11.3. The van der Waals surface area contributed by atoms with Crippen LogP contribution < -0.4 is 16.4 Å². The van der Waals surface area contributed by atoms with Crippen LogP contribution >= 0.6 is 34.2 Å². The molecular formula is C18H19ClIN7O4. The normalized spacial score (nSPS) is 23.2. The summed E-state index contributed by atoms with van der Waals surface area (Å²) in [5.41, 5.74) is 6.98. The van der Waals surface area contributed by atoms with E-state index in [0.717, 1.165) is 9.13 Å². The number of carbonyl (C=O) groups is 1. The predicted octanol–water partition coefficient (Wildman–Crippen LogP) is 0.984. The van der Waals surface area contributed by atoms with Gasteiger partial charge in [0.15, 0.2) is 23.2 Å². The van der Waals surface area contributed by atoms with Gasteiger partial charge in [-0.05, 0) is 51.9 Å². The Morgan fingerprint density at radius 2 is 2.19 bits per heavy atom. The van der Waals surface area contributed by atoms with Crippen molar-refractivity contribution in [3.8, 4) is 0 Å². The minimum Gasteiger partial charge on any atom is -0.394 e. The first kappa shape index (κ1) is 22.0. The number of ether oxygens (including phenoxy) is 1. The number of nitrogens with one attached hydrogen (secondary N) is 2. The van der Waals surface area contributed by atoms with Crippen LogP contribution in [0.3, 0.4) is 0 Å². The topological polar surface area (TPSA) is 160 Å². The lowest BCUT2D eigenvalue weighted by Crippen LogP contribution is -2.50. The molecule has 1 aromatic carbocycles. The molecule has 13 heteroatoms. The number of benzene rings is 1. The molecule has 1 aliphatic heterocycles. The Kier molecular flexibility index (Phi) is 6.43. The summed E-state index contributed by atoms with van der Waals surface area (Å²) in [7, 11) is 0. The number of aliphatic hydroxyl groups is 2. The van der Waals surface area contributed by atoms with Crippen molar-refractivity contribution in [2.24, 2.45) is 5.73 Å². The van der Waals surface area contributed by atoms with Gasteiger partial charge in [0.25, 0.3) is 0 Å². The summed E-state index contributed by atoms with van der Waals surface area (Å²) in [5.74, 6) is 0.422. The number of fused-ring (bicyclic) bond motifs is 1. The summed E-state index contributed by atoms with van der Waals surface area (Å²) in [6, 6.07) is 6.24. The second kappa shape index (κ2) is 9.08. The largest absolute Gasteiger partial charge is 0.394 e. The van der Waals surface area contributed by atoms with Crippen molar-refractivity contribution in [1.29, 1.82) is 0 Å². The minimum absolute atomic E-state index is 0.0163. The maximum Gasteiger partial charge on any atom is 0.312 e. The van der Waals surface area contributed by atoms with Gasteiger partial charge < -0.3 is 31.3 Å². The Morgan fingerprint density at radius 1 is 1.39 bits per heavy atom. The van der Waals surface area contributed by atoms with Crippen LogP contribution in [0, 0.1) is 3.57 Å². The second-order valence-electron chi connectivity index (χ2n) is 6.92. The number of carbonyl (C=O) groups excluding carboxylic acids is 1. The maximum atomic E-state index is 11.3. The van der Waals surface area contributed by atoms with Crippen LogP contribution in [0.5, 0.6) is 0 Å². The average Bonchev–Trinajstić information content (AvgIpc) is 3.27. The Bertz CT molecular complexity index is 1110. The number of aromatic nitrogens is 4. The van der Waals surface area contributed by atoms with Crippen molar-refractivity contribution in [2.45, 2.75) is 31.0 Å². The molecular weight excluding hydrogens is 541 g/mol. The third kappa shape index (κ3) is 4.52. The summed E-state index contributed by atoms with van der Waals surface area (Å²) >= 11 is 8.37. The molecule has 164 valence electrons. The lowest BCUT2D eigenvalue weighted by atomic mass is 10.1. The van der Waals surface area contributed by atoms with Crippen LogP contribution in [0.15, 0.2) is 30.6 Å². The molecule has 2 amide bonds. The van der Waals surface area contributed by atoms with Gasteiger partial charge in [-0.15, -0.1) is 0 Å². The molecule has 31 heavy (non-hydrogen) atoms. The van der Waals surface area contributed by atoms with Gasteiger partial charge in [0.05, 0.1) is 19.0 Å². The molecule has 0 radical (unpaired) electrons. The zero-order valence-corrected chi connectivity index (χ0v) is 18.9. The predicted molar refractivity (Wildman–Crippen MR) is 120 cm³/mol. The van der Waals surface area contributed by atoms with E-state index < -0.39 is 37.1 Å². The number of aliphatic hydroxyl groups excluding tert-OH is 2. The van der Waals surface area contributed by atoms with Crippen LogP contribution in [-0.2, 0) is 11.3 Å². The quantitative estimate of drug-likeness (QED) is 0.221. The monoisotopic (exact) mass is 559 g/mol. The molecule has 3 heterocycles. The van der Waals surface area contributed by atoms with Gasteiger partial charge in [-0.3, -0.25) is 4.57 Å². The Hall–Kier alpha value is -2.26. The standard InChI is InChI=1S/C18H19ClIN7O4/c19-17-25-14(22-5-8-2-1-3-9(20)4-8)12-15(26-17)27(7-23-12)16-13(29)11(24-18(21)30)10(6-28)31-16/h1-4,7,10-11,13,16,28-29H,5-6H2,(H3,21,24,30)(H,22,25,26)/t10-,11-,13-,16-/m1/s1. The first-order valence-corrected chi connectivity index (χ1v) is 10.7.